The number of carbonyl (C=O) groups is 9. The van der Waals surface area contributed by atoms with E-state index in [1.807, 2.05) is 201 Å². The minimum Gasteiger partial charge on any atom is -0.480 e. The molecule has 726 valence electrons. The van der Waals surface area contributed by atoms with E-state index in [-0.39, 0.29) is 106 Å². The maximum atomic E-state index is 13.0. The molecule has 0 bridgehead atoms. The fraction of sp³-hybridized carbons (Fsp3) is 0.704. The van der Waals surface area contributed by atoms with Crippen molar-refractivity contribution >= 4 is 71.4 Å². The summed E-state index contributed by atoms with van der Waals surface area (Å²) in [7, 11) is 7.98. The van der Waals surface area contributed by atoms with E-state index in [0.717, 1.165) is 66.4 Å². The first-order valence-corrected chi connectivity index (χ1v) is 44.3. The highest BCUT2D eigenvalue weighted by molar-refractivity contribution is 5.90. The summed E-state index contributed by atoms with van der Waals surface area (Å²) in [5.41, 5.74) is 3.41. The van der Waals surface area contributed by atoms with Gasteiger partial charge in [-0.3, -0.25) is 57.8 Å². The van der Waals surface area contributed by atoms with Crippen LogP contribution in [-0.4, -0.2) is 257 Å². The molecule has 29 nitrogen and oxygen atoms in total. The van der Waals surface area contributed by atoms with Crippen molar-refractivity contribution in [1.29, 1.82) is 0 Å². The Hall–Kier alpha value is -8.29. The number of nitrogens with zero attached hydrogens (tertiary/aromatic N) is 5. The minimum absolute atomic E-state index is 0.0248. The SMILES string of the molecule is CC(C)(C)Nc1ccc(COC(=O)C(C)(C)C)cc1.CC(C)C(=O)OC/C=C/c1ccc(NC(C)(C)C)cc1.CC(C)Cc1cc(COC(=O)C(C)(C)C)ccc1O[C@@H]1O[C@H](OC=O)[C@@H](O)[C@H](O)[C@H]1O.CN(CC(NC(=O)C(C)(C)C)C(=O)O)C(C)(C)C.CN(CCNC(=O)C(C)(C)C)C(C)(C)C.CN1CCN(C(=O)C(CN(C)C(C)(C)C)NC(=O)C(C)(C)C)CC1. The predicted molar refractivity (Wildman–Crippen MR) is 507 cm³/mol. The molecule has 127 heavy (non-hydrogen) atoms. The molecule has 0 saturated carbocycles. The number of piperazine rings is 1. The van der Waals surface area contributed by atoms with Gasteiger partial charge >= 0.3 is 23.9 Å². The highest BCUT2D eigenvalue weighted by Gasteiger charge is 2.47. The molecule has 5 rings (SSSR count). The molecule has 2 aliphatic rings. The number of benzene rings is 3. The Morgan fingerprint density at radius 2 is 0.921 bits per heavy atom. The molecule has 3 aromatic rings. The Labute approximate surface area is 763 Å². The Kier molecular flexibility index (Phi) is 48.5. The fourth-order valence-electron chi connectivity index (χ4n) is 10.5. The topological polar surface area (TPSA) is 366 Å². The lowest BCUT2D eigenvalue weighted by Crippen LogP contribution is -2.59. The molecule has 2 aliphatic heterocycles. The molecule has 2 saturated heterocycles. The van der Waals surface area contributed by atoms with Gasteiger partial charge in [0.2, 0.25) is 36.2 Å². The van der Waals surface area contributed by atoms with Crippen LogP contribution in [0.5, 0.6) is 5.75 Å². The average Bonchev–Trinajstić information content (AvgIpc) is 0.796. The molecule has 0 radical (unpaired) electrons. The molecule has 4 amide bonds. The molecule has 0 spiro atoms. The molecule has 7 atom stereocenters. The van der Waals surface area contributed by atoms with Gasteiger partial charge in [-0.1, -0.05) is 126 Å². The third kappa shape index (κ3) is 49.3. The predicted octanol–water partition coefficient (Wildman–Crippen LogP) is 13.6. The zero-order valence-corrected chi connectivity index (χ0v) is 84.9. The number of hydrogen-bond donors (Lipinski definition) is 9. The summed E-state index contributed by atoms with van der Waals surface area (Å²) in [6.07, 6.45) is -3.24. The van der Waals surface area contributed by atoms with Crippen LogP contribution in [0.3, 0.4) is 0 Å². The number of esters is 3. The molecule has 3 aromatic carbocycles. The van der Waals surface area contributed by atoms with E-state index in [1.54, 1.807) is 53.7 Å². The van der Waals surface area contributed by atoms with Crippen LogP contribution in [-0.2, 0) is 86.5 Å². The number of anilines is 2. The van der Waals surface area contributed by atoms with Gasteiger partial charge in [-0.2, -0.15) is 0 Å². The first kappa shape index (κ1) is 119. The minimum atomic E-state index is -1.63. The van der Waals surface area contributed by atoms with Gasteiger partial charge in [-0.25, -0.2) is 4.79 Å². The van der Waals surface area contributed by atoms with E-state index in [1.165, 1.54) is 0 Å². The molecule has 2 unspecified atom stereocenters. The summed E-state index contributed by atoms with van der Waals surface area (Å²) < 4.78 is 31.5. The van der Waals surface area contributed by atoms with Gasteiger partial charge in [0.25, 0.3) is 6.47 Å². The zero-order valence-electron chi connectivity index (χ0n) is 84.9. The van der Waals surface area contributed by atoms with Crippen LogP contribution < -0.4 is 31.3 Å². The van der Waals surface area contributed by atoms with Crippen LogP contribution in [0.1, 0.15) is 258 Å². The summed E-state index contributed by atoms with van der Waals surface area (Å²) in [6, 6.07) is 19.9. The van der Waals surface area contributed by atoms with E-state index in [2.05, 4.69) is 143 Å². The van der Waals surface area contributed by atoms with Crippen molar-refractivity contribution < 1.29 is 92.0 Å². The maximum absolute atomic E-state index is 13.0. The smallest absolute Gasteiger partial charge is 0.327 e. The number of amides is 4. The van der Waals surface area contributed by atoms with Crippen molar-refractivity contribution in [1.82, 2.24) is 40.4 Å². The number of hydrogen-bond acceptors (Lipinski definition) is 24. The van der Waals surface area contributed by atoms with Gasteiger partial charge in [-0.05, 0) is 251 Å². The van der Waals surface area contributed by atoms with Crippen molar-refractivity contribution in [3.8, 4) is 5.75 Å². The lowest BCUT2D eigenvalue weighted by molar-refractivity contribution is -0.321. The summed E-state index contributed by atoms with van der Waals surface area (Å²) in [6.45, 7) is 73.2. The highest BCUT2D eigenvalue weighted by atomic mass is 16.8. The fourth-order valence-corrected chi connectivity index (χ4v) is 10.5. The van der Waals surface area contributed by atoms with Crippen LogP contribution in [0, 0.1) is 38.9 Å². The molecular weight excluding hydrogens is 1620 g/mol. The Morgan fingerprint density at radius 3 is 1.31 bits per heavy atom. The van der Waals surface area contributed by atoms with Gasteiger partial charge in [0.1, 0.15) is 56.0 Å². The number of carboxylic acids is 1. The first-order valence-electron chi connectivity index (χ1n) is 44.3. The van der Waals surface area contributed by atoms with Crippen molar-refractivity contribution in [3.63, 3.8) is 0 Å². The molecule has 0 aromatic heterocycles. The van der Waals surface area contributed by atoms with Crippen LogP contribution >= 0.6 is 0 Å². The van der Waals surface area contributed by atoms with Crippen LogP contribution in [0.25, 0.3) is 6.08 Å². The summed E-state index contributed by atoms with van der Waals surface area (Å²) in [4.78, 5) is 116. The molecule has 2 heterocycles. The Bertz CT molecular complexity index is 3860. The average molecular weight is 1790 g/mol. The quantitative estimate of drug-likeness (QED) is 0.0194. The largest absolute Gasteiger partial charge is 0.480 e. The number of aliphatic carboxylic acids is 1. The highest BCUT2D eigenvalue weighted by Crippen LogP contribution is 2.31. The molecule has 9 N–H and O–H groups in total. The van der Waals surface area contributed by atoms with Crippen LogP contribution in [0.15, 0.2) is 72.8 Å². The van der Waals surface area contributed by atoms with E-state index in [0.29, 0.717) is 38.5 Å². The van der Waals surface area contributed by atoms with Crippen LogP contribution in [0.2, 0.25) is 0 Å². The lowest BCUT2D eigenvalue weighted by Gasteiger charge is -2.39. The molecule has 2 fully saturated rings. The van der Waals surface area contributed by atoms with E-state index < -0.39 is 70.6 Å². The number of likely N-dealkylation sites (N-methyl/N-ethyl adjacent to an activating group) is 4. The monoisotopic (exact) mass is 1790 g/mol. The van der Waals surface area contributed by atoms with Crippen molar-refractivity contribution in [3.05, 3.63) is 95.1 Å². The van der Waals surface area contributed by atoms with Crippen molar-refractivity contribution in [2.75, 3.05) is 97.8 Å². The third-order valence-electron chi connectivity index (χ3n) is 19.8. The van der Waals surface area contributed by atoms with E-state index >= 15 is 0 Å². The number of carboxylic acid groups (broad SMARTS) is 1. The summed E-state index contributed by atoms with van der Waals surface area (Å²) in [5.74, 6) is -1.29. The summed E-state index contributed by atoms with van der Waals surface area (Å²) >= 11 is 0. The van der Waals surface area contributed by atoms with Crippen molar-refractivity contribution in [2.45, 2.75) is 326 Å². The van der Waals surface area contributed by atoms with E-state index in [4.69, 9.17) is 28.8 Å². The number of aliphatic hydroxyl groups is 3. The van der Waals surface area contributed by atoms with Gasteiger partial charge in [0, 0.05) is 108 Å². The van der Waals surface area contributed by atoms with Gasteiger partial charge in [-0.15, -0.1) is 0 Å². The van der Waals surface area contributed by atoms with Gasteiger partial charge in [0.05, 0.1) is 16.7 Å². The number of nitrogens with one attached hydrogen (secondary N) is 5. The number of carbonyl (C=O) groups excluding carboxylic acids is 8. The number of ether oxygens (including phenoxy) is 6. The van der Waals surface area contributed by atoms with Crippen molar-refractivity contribution in [2.24, 2.45) is 38.9 Å². The Balaban J connectivity index is 0.00000152. The van der Waals surface area contributed by atoms with Gasteiger partial charge < -0.3 is 80.5 Å². The molecule has 29 heteroatoms. The van der Waals surface area contributed by atoms with Crippen LogP contribution in [0.4, 0.5) is 11.4 Å². The van der Waals surface area contributed by atoms with Gasteiger partial charge in [0.15, 0.2) is 0 Å². The second-order valence-electron chi connectivity index (χ2n) is 43.9. The summed E-state index contributed by atoms with van der Waals surface area (Å²) in [5, 5.41) is 54.6. The normalized spacial score (nSPS) is 17.2. The molecular formula is C98H170N10O19. The lowest BCUT2D eigenvalue weighted by atomic mass is 9.95. The first-order chi connectivity index (χ1) is 57.5. The van der Waals surface area contributed by atoms with E-state index in [9.17, 15) is 58.5 Å². The number of aliphatic hydroxyl groups excluding tert-OH is 3. The second-order valence-corrected chi connectivity index (χ2v) is 43.9. The maximum Gasteiger partial charge on any atom is 0.327 e. The third-order valence-corrected chi connectivity index (χ3v) is 19.8. The zero-order chi connectivity index (χ0) is 98.9. The number of rotatable bonds is 27. The molecule has 0 aliphatic carbocycles. The second kappa shape index (κ2) is 51.9. The standard InChI is InChI=1S/C22H32O9.C18H36N4O2.C17H25NO2.C16H25NO2.C13H26N2O3.C12H26N2O/c1-12(2)8-14-9-13(10-28-21(27)22(3,4)5)6-7-15(14)30-20-18(26)16(24)17(25)19(31-20)29-11-23;1-17(2,3)16(24)19-14(13-21(8)18(4,5)6)15(23)22-11-9-20(7)10-12-22;1-13(2)16(19)20-12-6-7-14-8-10-15(11-9-14)18-17(3,4)5;1-15(2,3)14(18)19-11-12-7-9-13(10-8-12)17-16(4,5)6;1-12(2,3)11(18)14-9(10(16)17)8-15(7)13(4,5)6;1-11(2,3)10(15)13-8-9-14(7)12(4,5)6/h6-7,9,11-12,16-20,24-26H,8,10H2,1-5H3;14H,9-13H2,1-8H3,(H,19,24);6-11,13,18H,12H2,1-5H3;7-10,17H,11H2,1-6H3;9H,8H2,1-7H3,(H,14,18)(H,16,17);8-9H2,1-7H3,(H,13,15)/b;;7-6+;;;/t16-,17-,18+,19-,20+;;;;;/m0...../s1. The Morgan fingerprint density at radius 1 is 0.512 bits per heavy atom.